The molecule has 118 valence electrons. The van der Waals surface area contributed by atoms with Crippen LogP contribution < -0.4 is 5.32 Å². The number of nitrogens with one attached hydrogen (secondary N) is 1. The Labute approximate surface area is 135 Å². The van der Waals surface area contributed by atoms with Gasteiger partial charge in [0.2, 0.25) is 5.95 Å². The second-order valence-corrected chi connectivity index (χ2v) is 5.52. The van der Waals surface area contributed by atoms with Crippen molar-refractivity contribution in [2.24, 2.45) is 0 Å². The molecule has 0 aliphatic carbocycles. The van der Waals surface area contributed by atoms with E-state index in [1.54, 1.807) is 4.68 Å². The minimum atomic E-state index is 0.233. The van der Waals surface area contributed by atoms with Crippen molar-refractivity contribution in [1.29, 1.82) is 0 Å². The third-order valence-corrected chi connectivity index (χ3v) is 3.73. The summed E-state index contributed by atoms with van der Waals surface area (Å²) < 4.78 is 1.71. The summed E-state index contributed by atoms with van der Waals surface area (Å²) in [6.07, 6.45) is 0. The van der Waals surface area contributed by atoms with Crippen molar-refractivity contribution < 1.29 is 0 Å². The summed E-state index contributed by atoms with van der Waals surface area (Å²) in [5, 5.41) is 15.3. The van der Waals surface area contributed by atoms with Gasteiger partial charge >= 0.3 is 0 Å². The highest BCUT2D eigenvalue weighted by Gasteiger charge is 2.15. The number of anilines is 1. The predicted molar refractivity (Wildman–Crippen MR) is 90.5 cm³/mol. The Bertz CT molecular complexity index is 723. The van der Waals surface area contributed by atoms with Gasteiger partial charge in [-0.1, -0.05) is 53.6 Å². The van der Waals surface area contributed by atoms with E-state index in [1.165, 1.54) is 5.56 Å². The van der Waals surface area contributed by atoms with Gasteiger partial charge in [0.05, 0.1) is 11.7 Å². The Morgan fingerprint density at radius 3 is 2.30 bits per heavy atom. The lowest BCUT2D eigenvalue weighted by Crippen LogP contribution is -2.27. The SMILES string of the molecule is CN(C)[C@H](CNc1nnnn1-c1ccccc1)c1ccccc1. The van der Waals surface area contributed by atoms with E-state index in [0.29, 0.717) is 12.5 Å². The summed E-state index contributed by atoms with van der Waals surface area (Å²) in [4.78, 5) is 2.18. The fraction of sp³-hybridized carbons (Fsp3) is 0.235. The van der Waals surface area contributed by atoms with Gasteiger partial charge in [0.1, 0.15) is 0 Å². The van der Waals surface area contributed by atoms with Gasteiger partial charge in [-0.15, -0.1) is 0 Å². The molecule has 0 saturated carbocycles. The molecule has 0 bridgehead atoms. The van der Waals surface area contributed by atoms with Crippen molar-refractivity contribution in [3.05, 3.63) is 66.2 Å². The smallest absolute Gasteiger partial charge is 0.247 e. The Balaban J connectivity index is 1.77. The van der Waals surface area contributed by atoms with E-state index in [1.807, 2.05) is 36.4 Å². The van der Waals surface area contributed by atoms with Crippen LogP contribution >= 0.6 is 0 Å². The molecular weight excluding hydrogens is 288 g/mol. The third-order valence-electron chi connectivity index (χ3n) is 3.73. The van der Waals surface area contributed by atoms with Gasteiger partial charge in [0, 0.05) is 6.54 Å². The van der Waals surface area contributed by atoms with Gasteiger partial charge in [-0.05, 0) is 42.2 Å². The Morgan fingerprint density at radius 1 is 1.00 bits per heavy atom. The monoisotopic (exact) mass is 308 g/mol. The first-order valence-corrected chi connectivity index (χ1v) is 7.55. The molecule has 1 heterocycles. The first-order valence-electron chi connectivity index (χ1n) is 7.55. The van der Waals surface area contributed by atoms with Gasteiger partial charge in [0.25, 0.3) is 0 Å². The second-order valence-electron chi connectivity index (χ2n) is 5.52. The molecule has 0 spiro atoms. The second kappa shape index (κ2) is 7.02. The van der Waals surface area contributed by atoms with E-state index in [0.717, 1.165) is 5.69 Å². The number of nitrogens with zero attached hydrogens (tertiary/aromatic N) is 5. The zero-order chi connectivity index (χ0) is 16.1. The zero-order valence-corrected chi connectivity index (χ0v) is 13.3. The predicted octanol–water partition coefficient (Wildman–Crippen LogP) is 2.38. The summed E-state index contributed by atoms with van der Waals surface area (Å²) >= 11 is 0. The molecule has 6 nitrogen and oxygen atoms in total. The molecule has 3 rings (SSSR count). The number of hydrogen-bond donors (Lipinski definition) is 1. The standard InChI is InChI=1S/C17H20N6/c1-22(2)16(14-9-5-3-6-10-14)13-18-17-19-20-21-23(17)15-11-7-4-8-12-15/h3-12,16H,13H2,1-2H3,(H,18,19,21)/t16-/m1/s1. The molecule has 2 aromatic carbocycles. The average Bonchev–Trinajstić information content (AvgIpc) is 3.05. The van der Waals surface area contributed by atoms with Crippen LogP contribution in [0.15, 0.2) is 60.7 Å². The van der Waals surface area contributed by atoms with Crippen molar-refractivity contribution in [2.45, 2.75) is 6.04 Å². The maximum atomic E-state index is 4.09. The topological polar surface area (TPSA) is 58.9 Å². The number of hydrogen-bond acceptors (Lipinski definition) is 5. The van der Waals surface area contributed by atoms with E-state index in [-0.39, 0.29) is 6.04 Å². The molecule has 0 unspecified atom stereocenters. The largest absolute Gasteiger partial charge is 0.351 e. The normalized spacial score (nSPS) is 12.3. The number of rotatable bonds is 6. The highest BCUT2D eigenvalue weighted by molar-refractivity contribution is 5.38. The van der Waals surface area contributed by atoms with Crippen molar-refractivity contribution in [3.63, 3.8) is 0 Å². The molecule has 6 heteroatoms. The molecule has 0 saturated heterocycles. The molecule has 1 atom stereocenters. The molecule has 0 amide bonds. The first kappa shape index (κ1) is 15.2. The molecule has 1 N–H and O–H groups in total. The molecule has 1 aromatic heterocycles. The fourth-order valence-electron chi connectivity index (χ4n) is 2.50. The first-order chi connectivity index (χ1) is 11.3. The number of aromatic nitrogens is 4. The highest BCUT2D eigenvalue weighted by Crippen LogP contribution is 2.19. The Hall–Kier alpha value is -2.73. The number of tetrazole rings is 1. The van der Waals surface area contributed by atoms with Crippen LogP contribution in [0.25, 0.3) is 5.69 Å². The van der Waals surface area contributed by atoms with Crippen LogP contribution in [0, 0.1) is 0 Å². The minimum Gasteiger partial charge on any atom is -0.351 e. The summed E-state index contributed by atoms with van der Waals surface area (Å²) in [5.74, 6) is 0.638. The van der Waals surface area contributed by atoms with Gasteiger partial charge in [-0.3, -0.25) is 0 Å². The van der Waals surface area contributed by atoms with Crippen molar-refractivity contribution in [2.75, 3.05) is 26.0 Å². The summed E-state index contributed by atoms with van der Waals surface area (Å²) in [6.45, 7) is 0.713. The number of likely N-dealkylation sites (N-methyl/N-ethyl adjacent to an activating group) is 1. The van der Waals surface area contributed by atoms with Crippen LogP contribution in [0.4, 0.5) is 5.95 Å². The van der Waals surface area contributed by atoms with E-state index in [9.17, 15) is 0 Å². The quantitative estimate of drug-likeness (QED) is 0.757. The van der Waals surface area contributed by atoms with Crippen molar-refractivity contribution >= 4 is 5.95 Å². The van der Waals surface area contributed by atoms with Gasteiger partial charge in [0.15, 0.2) is 0 Å². The average molecular weight is 308 g/mol. The summed E-state index contributed by atoms with van der Waals surface area (Å²) in [5.41, 5.74) is 2.19. The highest BCUT2D eigenvalue weighted by atomic mass is 15.6. The molecule has 23 heavy (non-hydrogen) atoms. The fourth-order valence-corrected chi connectivity index (χ4v) is 2.50. The molecule has 0 fully saturated rings. The lowest BCUT2D eigenvalue weighted by atomic mass is 10.1. The van der Waals surface area contributed by atoms with Gasteiger partial charge in [-0.25, -0.2) is 0 Å². The van der Waals surface area contributed by atoms with E-state index in [2.05, 4.69) is 64.1 Å². The van der Waals surface area contributed by atoms with Crippen molar-refractivity contribution in [1.82, 2.24) is 25.1 Å². The number of benzene rings is 2. The van der Waals surface area contributed by atoms with E-state index < -0.39 is 0 Å². The van der Waals surface area contributed by atoms with Crippen LogP contribution in [0.5, 0.6) is 0 Å². The minimum absolute atomic E-state index is 0.233. The number of para-hydroxylation sites is 1. The van der Waals surface area contributed by atoms with Gasteiger partial charge in [-0.2, -0.15) is 4.68 Å². The van der Waals surface area contributed by atoms with Gasteiger partial charge < -0.3 is 10.2 Å². The maximum Gasteiger partial charge on any atom is 0.247 e. The van der Waals surface area contributed by atoms with Crippen LogP contribution in [0.3, 0.4) is 0 Å². The van der Waals surface area contributed by atoms with Crippen LogP contribution in [0.1, 0.15) is 11.6 Å². The Kier molecular flexibility index (Phi) is 4.63. The Morgan fingerprint density at radius 2 is 1.65 bits per heavy atom. The molecular formula is C17H20N6. The zero-order valence-electron chi connectivity index (χ0n) is 13.3. The lowest BCUT2D eigenvalue weighted by molar-refractivity contribution is 0.311. The molecule has 0 aliphatic rings. The molecule has 0 aliphatic heterocycles. The van der Waals surface area contributed by atoms with E-state index >= 15 is 0 Å². The lowest BCUT2D eigenvalue weighted by Gasteiger charge is -2.25. The summed E-state index contributed by atoms with van der Waals surface area (Å²) in [6, 6.07) is 20.5. The molecule has 0 radical (unpaired) electrons. The van der Waals surface area contributed by atoms with Crippen molar-refractivity contribution in [3.8, 4) is 5.69 Å². The third kappa shape index (κ3) is 3.54. The van der Waals surface area contributed by atoms with Crippen LogP contribution in [0.2, 0.25) is 0 Å². The van der Waals surface area contributed by atoms with Crippen LogP contribution in [-0.2, 0) is 0 Å². The van der Waals surface area contributed by atoms with Crippen LogP contribution in [-0.4, -0.2) is 45.7 Å². The van der Waals surface area contributed by atoms with E-state index in [4.69, 9.17) is 0 Å². The maximum absolute atomic E-state index is 4.09. The molecule has 3 aromatic rings. The summed E-state index contributed by atoms with van der Waals surface area (Å²) in [7, 11) is 4.14.